The highest BCUT2D eigenvalue weighted by Crippen LogP contribution is 2.33. The quantitative estimate of drug-likeness (QED) is 0.540. The lowest BCUT2D eigenvalue weighted by Gasteiger charge is -2.20. The number of amides is 2. The maximum absolute atomic E-state index is 13.0. The van der Waals surface area contributed by atoms with Crippen molar-refractivity contribution in [1.29, 1.82) is 0 Å². The number of nitrogens with zero attached hydrogens (tertiary/aromatic N) is 1. The van der Waals surface area contributed by atoms with Crippen molar-refractivity contribution < 1.29 is 22.8 Å². The van der Waals surface area contributed by atoms with E-state index in [1.165, 1.54) is 12.3 Å². The zero-order valence-corrected chi connectivity index (χ0v) is 16.8. The molecule has 0 aliphatic rings. The van der Waals surface area contributed by atoms with Gasteiger partial charge < -0.3 is 16.0 Å². The maximum Gasteiger partial charge on any atom is 0.419 e. The fourth-order valence-electron chi connectivity index (χ4n) is 2.78. The molecule has 1 unspecified atom stereocenters. The first-order valence-corrected chi connectivity index (χ1v) is 9.56. The summed E-state index contributed by atoms with van der Waals surface area (Å²) < 4.78 is 39.0. The van der Waals surface area contributed by atoms with Gasteiger partial charge in [0.05, 0.1) is 5.56 Å². The van der Waals surface area contributed by atoms with Gasteiger partial charge in [0.2, 0.25) is 11.8 Å². The van der Waals surface area contributed by atoms with Crippen LogP contribution in [0.25, 0.3) is 0 Å². The Labute approximate surface area is 173 Å². The minimum atomic E-state index is -4.53. The van der Waals surface area contributed by atoms with E-state index >= 15 is 0 Å². The summed E-state index contributed by atoms with van der Waals surface area (Å²) in [6.07, 6.45) is -3.00. The molecule has 9 heteroatoms. The number of hydrogen-bond donors (Lipinski definition) is 3. The minimum absolute atomic E-state index is 0.0350. The Morgan fingerprint density at radius 3 is 2.37 bits per heavy atom. The van der Waals surface area contributed by atoms with Crippen molar-refractivity contribution in [1.82, 2.24) is 15.6 Å². The number of nitrogens with one attached hydrogen (secondary N) is 3. The molecular formula is C21H25F3N4O2. The van der Waals surface area contributed by atoms with Gasteiger partial charge in [-0.15, -0.1) is 0 Å². The molecule has 0 bridgehead atoms. The summed E-state index contributed by atoms with van der Waals surface area (Å²) >= 11 is 0. The van der Waals surface area contributed by atoms with Crippen LogP contribution in [-0.2, 0) is 15.8 Å². The lowest BCUT2D eigenvalue weighted by atomic mass is 10.0. The van der Waals surface area contributed by atoms with Gasteiger partial charge in [-0.3, -0.25) is 9.59 Å². The van der Waals surface area contributed by atoms with Crippen molar-refractivity contribution in [2.45, 2.75) is 32.5 Å². The summed E-state index contributed by atoms with van der Waals surface area (Å²) in [5.41, 5.74) is -0.261. The summed E-state index contributed by atoms with van der Waals surface area (Å²) in [4.78, 5) is 28.5. The molecule has 6 nitrogen and oxygen atoms in total. The number of rotatable bonds is 9. The third-order valence-electron chi connectivity index (χ3n) is 4.12. The van der Waals surface area contributed by atoms with E-state index in [9.17, 15) is 22.8 Å². The van der Waals surface area contributed by atoms with Crippen LogP contribution in [0.5, 0.6) is 0 Å². The van der Waals surface area contributed by atoms with E-state index in [1.54, 1.807) is 30.3 Å². The molecule has 1 heterocycles. The van der Waals surface area contributed by atoms with Crippen LogP contribution in [0, 0.1) is 5.92 Å². The molecule has 1 atom stereocenters. The Balaban J connectivity index is 1.97. The second kappa shape index (κ2) is 10.6. The first-order chi connectivity index (χ1) is 14.2. The number of hydrogen-bond acceptors (Lipinski definition) is 4. The van der Waals surface area contributed by atoms with Gasteiger partial charge in [0.25, 0.3) is 0 Å². The number of benzene rings is 1. The van der Waals surface area contributed by atoms with Gasteiger partial charge >= 0.3 is 6.18 Å². The van der Waals surface area contributed by atoms with Crippen molar-refractivity contribution in [3.05, 3.63) is 59.8 Å². The lowest BCUT2D eigenvalue weighted by Crippen LogP contribution is -2.42. The molecule has 0 aliphatic carbocycles. The van der Waals surface area contributed by atoms with Gasteiger partial charge in [0, 0.05) is 25.7 Å². The van der Waals surface area contributed by atoms with Crippen molar-refractivity contribution >= 4 is 17.6 Å². The van der Waals surface area contributed by atoms with Gasteiger partial charge in [-0.05, 0) is 23.6 Å². The zero-order valence-electron chi connectivity index (χ0n) is 16.8. The summed E-state index contributed by atoms with van der Waals surface area (Å²) in [5, 5.41) is 7.95. The molecule has 2 rings (SSSR count). The number of aromatic nitrogens is 1. The number of anilines is 1. The van der Waals surface area contributed by atoms with E-state index in [1.807, 2.05) is 13.8 Å². The van der Waals surface area contributed by atoms with Gasteiger partial charge in [0.1, 0.15) is 11.9 Å². The second-order valence-corrected chi connectivity index (χ2v) is 7.12. The topological polar surface area (TPSA) is 83.1 Å². The highest BCUT2D eigenvalue weighted by Gasteiger charge is 2.34. The molecule has 1 aromatic carbocycles. The molecule has 1 aromatic heterocycles. The Morgan fingerprint density at radius 2 is 1.73 bits per heavy atom. The highest BCUT2D eigenvalue weighted by molar-refractivity contribution is 5.88. The largest absolute Gasteiger partial charge is 0.419 e. The molecule has 0 fully saturated rings. The average Bonchev–Trinajstić information content (AvgIpc) is 2.69. The molecular weight excluding hydrogens is 397 g/mol. The van der Waals surface area contributed by atoms with Crippen LogP contribution in [0.1, 0.15) is 37.4 Å². The predicted octanol–water partition coefficient (Wildman–Crippen LogP) is 3.53. The number of pyridine rings is 1. The van der Waals surface area contributed by atoms with E-state index < -0.39 is 23.7 Å². The Hall–Kier alpha value is -3.10. The predicted molar refractivity (Wildman–Crippen MR) is 108 cm³/mol. The van der Waals surface area contributed by atoms with E-state index in [0.29, 0.717) is 5.56 Å². The first kappa shape index (κ1) is 23.2. The van der Waals surface area contributed by atoms with Crippen molar-refractivity contribution in [2.24, 2.45) is 5.92 Å². The maximum atomic E-state index is 13.0. The summed E-state index contributed by atoms with van der Waals surface area (Å²) in [5.74, 6) is -0.869. The van der Waals surface area contributed by atoms with Crippen molar-refractivity contribution in [3.8, 4) is 0 Å². The molecule has 162 valence electrons. The normalized spacial score (nSPS) is 12.3. The third kappa shape index (κ3) is 7.06. The molecule has 0 aliphatic heterocycles. The number of alkyl halides is 3. The van der Waals surface area contributed by atoms with Gasteiger partial charge in [-0.25, -0.2) is 4.98 Å². The van der Waals surface area contributed by atoms with Crippen LogP contribution >= 0.6 is 0 Å². The molecule has 3 N–H and O–H groups in total. The Kier molecular flexibility index (Phi) is 8.20. The zero-order chi connectivity index (χ0) is 22.1. The average molecular weight is 422 g/mol. The molecule has 0 radical (unpaired) electrons. The van der Waals surface area contributed by atoms with E-state index in [0.717, 1.165) is 6.07 Å². The standard InChI is InChI=1S/C21H25F3N4O2/c1-14(2)13-17(29)28-18(15-7-4-3-5-8-15)20(30)27-12-11-26-19-16(21(22,23)24)9-6-10-25-19/h3-10,14,18H,11-13H2,1-2H3,(H,25,26)(H,27,30)(H,28,29). The summed E-state index contributed by atoms with van der Waals surface area (Å²) in [7, 11) is 0. The fourth-order valence-corrected chi connectivity index (χ4v) is 2.78. The summed E-state index contributed by atoms with van der Waals surface area (Å²) in [6, 6.07) is 10.0. The second-order valence-electron chi connectivity index (χ2n) is 7.12. The van der Waals surface area contributed by atoms with E-state index in [4.69, 9.17) is 0 Å². The highest BCUT2D eigenvalue weighted by atomic mass is 19.4. The fraction of sp³-hybridized carbons (Fsp3) is 0.381. The van der Waals surface area contributed by atoms with Crippen LogP contribution in [0.2, 0.25) is 0 Å². The molecule has 0 spiro atoms. The van der Waals surface area contributed by atoms with Gasteiger partial charge in [-0.1, -0.05) is 44.2 Å². The van der Waals surface area contributed by atoms with Crippen molar-refractivity contribution in [3.63, 3.8) is 0 Å². The molecule has 30 heavy (non-hydrogen) atoms. The minimum Gasteiger partial charge on any atom is -0.368 e. The van der Waals surface area contributed by atoms with Crippen LogP contribution in [0.3, 0.4) is 0 Å². The molecule has 0 saturated carbocycles. The first-order valence-electron chi connectivity index (χ1n) is 9.56. The lowest BCUT2D eigenvalue weighted by molar-refractivity contribution is -0.137. The van der Waals surface area contributed by atoms with Crippen LogP contribution < -0.4 is 16.0 Å². The summed E-state index contributed by atoms with van der Waals surface area (Å²) in [6.45, 7) is 3.88. The smallest absolute Gasteiger partial charge is 0.368 e. The third-order valence-corrected chi connectivity index (χ3v) is 4.12. The van der Waals surface area contributed by atoms with Crippen molar-refractivity contribution in [2.75, 3.05) is 18.4 Å². The van der Waals surface area contributed by atoms with Gasteiger partial charge in [0.15, 0.2) is 0 Å². The Bertz CT molecular complexity index is 842. The SMILES string of the molecule is CC(C)CC(=O)NC(C(=O)NCCNc1ncccc1C(F)(F)F)c1ccccc1. The van der Waals surface area contributed by atoms with Gasteiger partial charge in [-0.2, -0.15) is 13.2 Å². The number of carbonyl (C=O) groups excluding carboxylic acids is 2. The molecule has 2 amide bonds. The van der Waals surface area contributed by atoms with Crippen LogP contribution in [0.15, 0.2) is 48.7 Å². The van der Waals surface area contributed by atoms with Crippen LogP contribution in [0.4, 0.5) is 19.0 Å². The monoisotopic (exact) mass is 422 g/mol. The number of carbonyl (C=O) groups is 2. The molecule has 0 saturated heterocycles. The van der Waals surface area contributed by atoms with E-state index in [-0.39, 0.29) is 37.2 Å². The Morgan fingerprint density at radius 1 is 1.03 bits per heavy atom. The number of halogens is 3. The van der Waals surface area contributed by atoms with Crippen LogP contribution in [-0.4, -0.2) is 29.9 Å². The molecule has 2 aromatic rings. The van der Waals surface area contributed by atoms with E-state index in [2.05, 4.69) is 20.9 Å².